The molecule has 0 saturated heterocycles. The molecular formula is C11H18O3. The molecule has 0 radical (unpaired) electrons. The van der Waals surface area contributed by atoms with Gasteiger partial charge in [-0.15, -0.1) is 0 Å². The molecule has 0 saturated carbocycles. The Morgan fingerprint density at radius 3 is 2.07 bits per heavy atom. The molecule has 14 heavy (non-hydrogen) atoms. The first kappa shape index (κ1) is 12.9. The summed E-state index contributed by atoms with van der Waals surface area (Å²) >= 11 is 0. The maximum Gasteiger partial charge on any atom is 0.341 e. The number of ketones is 1. The number of carbonyl (C=O) groups is 2. The normalized spacial score (nSPS) is 12.5. The summed E-state index contributed by atoms with van der Waals surface area (Å²) in [5.74, 6) is -0.784. The Labute approximate surface area is 85.1 Å². The topological polar surface area (TPSA) is 43.4 Å². The Hall–Kier alpha value is -1.12. The minimum absolute atomic E-state index is 0.141. The van der Waals surface area contributed by atoms with Crippen molar-refractivity contribution in [1.82, 2.24) is 0 Å². The van der Waals surface area contributed by atoms with Gasteiger partial charge in [0.15, 0.2) is 5.78 Å². The first-order valence-corrected chi connectivity index (χ1v) is 4.72. The van der Waals surface area contributed by atoms with Crippen LogP contribution in [0.15, 0.2) is 11.6 Å². The Kier molecular flexibility index (Phi) is 4.54. The number of ether oxygens (including phenoxy) is 1. The second-order valence-electron chi connectivity index (χ2n) is 4.08. The summed E-state index contributed by atoms with van der Waals surface area (Å²) in [5, 5.41) is 0. The highest BCUT2D eigenvalue weighted by Crippen LogP contribution is 2.11. The van der Waals surface area contributed by atoms with E-state index in [1.54, 1.807) is 26.8 Å². The lowest BCUT2D eigenvalue weighted by atomic mass is 10.1. The van der Waals surface area contributed by atoms with Gasteiger partial charge in [-0.2, -0.15) is 0 Å². The van der Waals surface area contributed by atoms with Crippen LogP contribution in [0.1, 0.15) is 41.0 Å². The van der Waals surface area contributed by atoms with E-state index in [1.165, 1.54) is 6.92 Å². The van der Waals surface area contributed by atoms with Crippen molar-refractivity contribution in [3.63, 3.8) is 0 Å². The number of carbonyl (C=O) groups excluding carboxylic acids is 2. The van der Waals surface area contributed by atoms with Crippen LogP contribution < -0.4 is 0 Å². The van der Waals surface area contributed by atoms with Gasteiger partial charge in [-0.25, -0.2) is 4.79 Å². The maximum atomic E-state index is 11.5. The summed E-state index contributed by atoms with van der Waals surface area (Å²) in [5.41, 5.74) is -0.415. The first-order valence-electron chi connectivity index (χ1n) is 4.72. The second kappa shape index (κ2) is 4.94. The van der Waals surface area contributed by atoms with E-state index in [4.69, 9.17) is 4.74 Å². The number of hydrogen-bond donors (Lipinski definition) is 0. The predicted molar refractivity (Wildman–Crippen MR) is 54.9 cm³/mol. The molecule has 3 heteroatoms. The lowest BCUT2D eigenvalue weighted by Gasteiger charge is -2.19. The average molecular weight is 198 g/mol. The largest absolute Gasteiger partial charge is 0.456 e. The Morgan fingerprint density at radius 2 is 1.79 bits per heavy atom. The van der Waals surface area contributed by atoms with Crippen LogP contribution in [0.3, 0.4) is 0 Å². The minimum atomic E-state index is -0.556. The van der Waals surface area contributed by atoms with E-state index in [9.17, 15) is 9.59 Å². The zero-order chi connectivity index (χ0) is 11.4. The molecule has 0 aromatic carbocycles. The highest BCUT2D eigenvalue weighted by Gasteiger charge is 2.21. The van der Waals surface area contributed by atoms with Gasteiger partial charge in [0.05, 0.1) is 5.57 Å². The number of esters is 1. The smallest absolute Gasteiger partial charge is 0.341 e. The lowest BCUT2D eigenvalue weighted by Crippen LogP contribution is -2.26. The summed E-state index contributed by atoms with van der Waals surface area (Å²) in [6.07, 6.45) is 2.24. The van der Waals surface area contributed by atoms with Crippen LogP contribution in [0.2, 0.25) is 0 Å². The standard InChI is InChI=1S/C11H18O3/c1-6-7-9(8(2)12)10(13)14-11(3,4)5/h7H,6H2,1-5H3/b9-7+. The first-order chi connectivity index (χ1) is 6.28. The van der Waals surface area contributed by atoms with E-state index < -0.39 is 11.6 Å². The summed E-state index contributed by atoms with van der Waals surface area (Å²) in [6.45, 7) is 8.55. The summed E-state index contributed by atoms with van der Waals surface area (Å²) in [6, 6.07) is 0. The quantitative estimate of drug-likeness (QED) is 0.302. The van der Waals surface area contributed by atoms with E-state index in [0.717, 1.165) is 0 Å². The molecule has 0 heterocycles. The SMILES string of the molecule is CC/C=C(\C(C)=O)C(=O)OC(C)(C)C. The van der Waals surface area contributed by atoms with Crippen molar-refractivity contribution >= 4 is 11.8 Å². The monoisotopic (exact) mass is 198 g/mol. The molecule has 3 nitrogen and oxygen atoms in total. The molecule has 0 rings (SSSR count). The van der Waals surface area contributed by atoms with Gasteiger partial charge >= 0.3 is 5.97 Å². The van der Waals surface area contributed by atoms with Gasteiger partial charge in [0.25, 0.3) is 0 Å². The van der Waals surface area contributed by atoms with Crippen molar-refractivity contribution < 1.29 is 14.3 Å². The van der Waals surface area contributed by atoms with Gasteiger partial charge in [-0.3, -0.25) is 4.79 Å². The Bertz CT molecular complexity index is 256. The van der Waals surface area contributed by atoms with Crippen molar-refractivity contribution in [3.8, 4) is 0 Å². The summed E-state index contributed by atoms with van der Waals surface area (Å²) < 4.78 is 5.09. The van der Waals surface area contributed by atoms with Gasteiger partial charge in [0.1, 0.15) is 5.60 Å². The molecule has 0 aromatic heterocycles. The number of allylic oxidation sites excluding steroid dienone is 1. The van der Waals surface area contributed by atoms with Gasteiger partial charge in [0.2, 0.25) is 0 Å². The number of rotatable bonds is 3. The molecule has 0 amide bonds. The maximum absolute atomic E-state index is 11.5. The van der Waals surface area contributed by atoms with Gasteiger partial charge in [-0.1, -0.05) is 13.0 Å². The molecule has 80 valence electrons. The zero-order valence-corrected chi connectivity index (χ0v) is 9.51. The van der Waals surface area contributed by atoms with E-state index in [-0.39, 0.29) is 11.4 Å². The third kappa shape index (κ3) is 4.80. The van der Waals surface area contributed by atoms with Gasteiger partial charge < -0.3 is 4.74 Å². The van der Waals surface area contributed by atoms with Gasteiger partial charge in [-0.05, 0) is 34.1 Å². The van der Waals surface area contributed by atoms with E-state index in [0.29, 0.717) is 6.42 Å². The van der Waals surface area contributed by atoms with Crippen molar-refractivity contribution in [2.75, 3.05) is 0 Å². The van der Waals surface area contributed by atoms with Crippen LogP contribution in [-0.4, -0.2) is 17.4 Å². The van der Waals surface area contributed by atoms with Crippen LogP contribution in [0.4, 0.5) is 0 Å². The average Bonchev–Trinajstić information content (AvgIpc) is 1.95. The highest BCUT2D eigenvalue weighted by molar-refractivity contribution is 6.16. The van der Waals surface area contributed by atoms with E-state index in [1.807, 2.05) is 6.92 Å². The van der Waals surface area contributed by atoms with Crippen LogP contribution in [0.5, 0.6) is 0 Å². The fraction of sp³-hybridized carbons (Fsp3) is 0.636. The molecule has 0 N–H and O–H groups in total. The molecule has 0 aliphatic carbocycles. The molecule has 0 bridgehead atoms. The molecule has 0 unspecified atom stereocenters. The van der Waals surface area contributed by atoms with E-state index in [2.05, 4.69) is 0 Å². The van der Waals surface area contributed by atoms with Crippen molar-refractivity contribution in [3.05, 3.63) is 11.6 Å². The number of Topliss-reactive ketones (excluding diaryl/α,β-unsaturated/α-hetero) is 1. The molecule has 0 spiro atoms. The van der Waals surface area contributed by atoms with Crippen LogP contribution in [-0.2, 0) is 14.3 Å². The number of hydrogen-bond acceptors (Lipinski definition) is 3. The molecule has 0 aromatic rings. The van der Waals surface area contributed by atoms with Crippen molar-refractivity contribution in [2.24, 2.45) is 0 Å². The van der Waals surface area contributed by atoms with Gasteiger partial charge in [0, 0.05) is 0 Å². The molecule has 0 atom stereocenters. The fourth-order valence-electron chi connectivity index (χ4n) is 0.908. The predicted octanol–water partition coefficient (Wildman–Crippen LogP) is 2.25. The van der Waals surface area contributed by atoms with Crippen LogP contribution in [0, 0.1) is 0 Å². The second-order valence-corrected chi connectivity index (χ2v) is 4.08. The van der Waals surface area contributed by atoms with Crippen LogP contribution in [0.25, 0.3) is 0 Å². The lowest BCUT2D eigenvalue weighted by molar-refractivity contribution is -0.150. The molecule has 0 aliphatic rings. The third-order valence-electron chi connectivity index (χ3n) is 1.41. The third-order valence-corrected chi connectivity index (χ3v) is 1.41. The Morgan fingerprint density at radius 1 is 1.29 bits per heavy atom. The highest BCUT2D eigenvalue weighted by atomic mass is 16.6. The minimum Gasteiger partial charge on any atom is -0.456 e. The Balaban J connectivity index is 4.64. The molecular weight excluding hydrogens is 180 g/mol. The van der Waals surface area contributed by atoms with Crippen LogP contribution >= 0.6 is 0 Å². The fourth-order valence-corrected chi connectivity index (χ4v) is 0.908. The summed E-state index contributed by atoms with van der Waals surface area (Å²) in [4.78, 5) is 22.6. The zero-order valence-electron chi connectivity index (χ0n) is 9.51. The van der Waals surface area contributed by atoms with Crippen molar-refractivity contribution in [2.45, 2.75) is 46.6 Å². The molecule has 0 fully saturated rings. The van der Waals surface area contributed by atoms with E-state index >= 15 is 0 Å². The van der Waals surface area contributed by atoms with Crippen molar-refractivity contribution in [1.29, 1.82) is 0 Å². The molecule has 0 aliphatic heterocycles. The summed E-state index contributed by atoms with van der Waals surface area (Å²) in [7, 11) is 0.